The second kappa shape index (κ2) is 7.20. The summed E-state index contributed by atoms with van der Waals surface area (Å²) >= 11 is 7.50. The van der Waals surface area contributed by atoms with Crippen molar-refractivity contribution >= 4 is 29.3 Å². The highest BCUT2D eigenvalue weighted by molar-refractivity contribution is 7.99. The van der Waals surface area contributed by atoms with Crippen molar-refractivity contribution in [1.29, 1.82) is 0 Å². The predicted molar refractivity (Wildman–Crippen MR) is 88.9 cm³/mol. The lowest BCUT2D eigenvalue weighted by atomic mass is 10.1. The van der Waals surface area contributed by atoms with Gasteiger partial charge in [-0.2, -0.15) is 0 Å². The molecule has 1 N–H and O–H groups in total. The van der Waals surface area contributed by atoms with Crippen molar-refractivity contribution in [2.24, 2.45) is 0 Å². The zero-order valence-corrected chi connectivity index (χ0v) is 13.6. The van der Waals surface area contributed by atoms with E-state index in [9.17, 15) is 4.79 Å². The van der Waals surface area contributed by atoms with Gasteiger partial charge in [-0.3, -0.25) is 4.79 Å². The van der Waals surface area contributed by atoms with E-state index < -0.39 is 0 Å². The van der Waals surface area contributed by atoms with Gasteiger partial charge in [-0.25, -0.2) is 0 Å². The van der Waals surface area contributed by atoms with Crippen molar-refractivity contribution in [2.75, 3.05) is 6.54 Å². The SMILES string of the molecule is O=C1NCCCC[C@@H]1SCc1cc(-c2ccc(Cl)cc2)no1. The Morgan fingerprint density at radius 3 is 2.95 bits per heavy atom. The summed E-state index contributed by atoms with van der Waals surface area (Å²) in [7, 11) is 0. The summed E-state index contributed by atoms with van der Waals surface area (Å²) < 4.78 is 5.37. The third kappa shape index (κ3) is 3.84. The normalized spacial score (nSPS) is 18.8. The van der Waals surface area contributed by atoms with E-state index in [0.717, 1.165) is 42.8 Å². The molecule has 2 aromatic rings. The maximum absolute atomic E-state index is 11.9. The molecule has 2 heterocycles. The molecule has 116 valence electrons. The molecule has 1 saturated heterocycles. The lowest BCUT2D eigenvalue weighted by Crippen LogP contribution is -2.30. The molecule has 1 aromatic carbocycles. The number of aromatic nitrogens is 1. The van der Waals surface area contributed by atoms with Gasteiger partial charge in [0.25, 0.3) is 0 Å². The minimum absolute atomic E-state index is 0.00609. The Hall–Kier alpha value is -1.46. The molecule has 1 fully saturated rings. The Morgan fingerprint density at radius 1 is 1.32 bits per heavy atom. The van der Waals surface area contributed by atoms with Crippen LogP contribution in [0.2, 0.25) is 5.02 Å². The van der Waals surface area contributed by atoms with Gasteiger partial charge in [0, 0.05) is 23.2 Å². The van der Waals surface area contributed by atoms with Crippen molar-refractivity contribution in [3.05, 3.63) is 41.1 Å². The highest BCUT2D eigenvalue weighted by atomic mass is 35.5. The minimum Gasteiger partial charge on any atom is -0.360 e. The van der Waals surface area contributed by atoms with Crippen molar-refractivity contribution in [2.45, 2.75) is 30.3 Å². The number of hydrogen-bond donors (Lipinski definition) is 1. The van der Waals surface area contributed by atoms with Crippen LogP contribution in [0.5, 0.6) is 0 Å². The predicted octanol–water partition coefficient (Wildman–Crippen LogP) is 3.90. The number of hydrogen-bond acceptors (Lipinski definition) is 4. The fourth-order valence-electron chi connectivity index (χ4n) is 2.39. The van der Waals surface area contributed by atoms with Crippen LogP contribution in [0.1, 0.15) is 25.0 Å². The molecule has 0 unspecified atom stereocenters. The van der Waals surface area contributed by atoms with Crippen LogP contribution in [-0.4, -0.2) is 22.9 Å². The molecule has 1 amide bonds. The molecule has 6 heteroatoms. The Kier molecular flexibility index (Phi) is 5.05. The molecule has 0 radical (unpaired) electrons. The summed E-state index contributed by atoms with van der Waals surface area (Å²) in [6.07, 6.45) is 3.07. The third-order valence-electron chi connectivity index (χ3n) is 3.61. The Balaban J connectivity index is 1.62. The van der Waals surface area contributed by atoms with Gasteiger partial charge in [0.05, 0.1) is 11.0 Å². The average molecular weight is 337 g/mol. The van der Waals surface area contributed by atoms with E-state index in [2.05, 4.69) is 10.5 Å². The number of carbonyl (C=O) groups excluding carboxylic acids is 1. The molecule has 22 heavy (non-hydrogen) atoms. The van der Waals surface area contributed by atoms with Crippen LogP contribution in [-0.2, 0) is 10.5 Å². The molecule has 0 bridgehead atoms. The van der Waals surface area contributed by atoms with E-state index in [1.807, 2.05) is 30.3 Å². The first-order chi connectivity index (χ1) is 10.7. The fourth-order valence-corrected chi connectivity index (χ4v) is 3.59. The largest absolute Gasteiger partial charge is 0.360 e. The first-order valence-electron chi connectivity index (χ1n) is 7.33. The summed E-state index contributed by atoms with van der Waals surface area (Å²) in [5.41, 5.74) is 1.76. The molecule has 3 rings (SSSR count). The molecular weight excluding hydrogens is 320 g/mol. The summed E-state index contributed by atoms with van der Waals surface area (Å²) in [6, 6.07) is 9.41. The molecule has 0 aliphatic carbocycles. The average Bonchev–Trinajstić information content (AvgIpc) is 2.90. The molecule has 1 aliphatic rings. The van der Waals surface area contributed by atoms with Gasteiger partial charge < -0.3 is 9.84 Å². The van der Waals surface area contributed by atoms with E-state index in [1.54, 1.807) is 11.8 Å². The number of halogens is 1. The quantitative estimate of drug-likeness (QED) is 0.920. The van der Waals surface area contributed by atoms with Gasteiger partial charge >= 0.3 is 0 Å². The highest BCUT2D eigenvalue weighted by Gasteiger charge is 2.21. The monoisotopic (exact) mass is 336 g/mol. The van der Waals surface area contributed by atoms with Crippen molar-refractivity contribution in [3.63, 3.8) is 0 Å². The maximum Gasteiger partial charge on any atom is 0.233 e. The smallest absolute Gasteiger partial charge is 0.233 e. The zero-order valence-electron chi connectivity index (χ0n) is 12.0. The number of nitrogens with one attached hydrogen (secondary N) is 1. The van der Waals surface area contributed by atoms with E-state index >= 15 is 0 Å². The molecule has 0 spiro atoms. The number of nitrogens with zero attached hydrogens (tertiary/aromatic N) is 1. The van der Waals surface area contributed by atoms with E-state index in [0.29, 0.717) is 10.8 Å². The van der Waals surface area contributed by atoms with Crippen LogP contribution in [0.4, 0.5) is 0 Å². The Labute approximate surface area is 138 Å². The van der Waals surface area contributed by atoms with E-state index in [4.69, 9.17) is 16.1 Å². The van der Waals surface area contributed by atoms with Gasteiger partial charge in [-0.15, -0.1) is 11.8 Å². The summed E-state index contributed by atoms with van der Waals surface area (Å²) in [5.74, 6) is 1.57. The lowest BCUT2D eigenvalue weighted by molar-refractivity contribution is -0.120. The van der Waals surface area contributed by atoms with Crippen LogP contribution < -0.4 is 5.32 Å². The van der Waals surface area contributed by atoms with Crippen molar-refractivity contribution < 1.29 is 9.32 Å². The summed E-state index contributed by atoms with van der Waals surface area (Å²) in [5, 5.41) is 7.74. The topological polar surface area (TPSA) is 55.1 Å². The molecule has 4 nitrogen and oxygen atoms in total. The first-order valence-corrected chi connectivity index (χ1v) is 8.76. The third-order valence-corrected chi connectivity index (χ3v) is 5.17. The number of amides is 1. The summed E-state index contributed by atoms with van der Waals surface area (Å²) in [4.78, 5) is 11.9. The molecule has 1 atom stereocenters. The number of thioether (sulfide) groups is 1. The van der Waals surface area contributed by atoms with Gasteiger partial charge in [0.1, 0.15) is 11.5 Å². The zero-order chi connectivity index (χ0) is 15.4. The van der Waals surface area contributed by atoms with Gasteiger partial charge in [-0.1, -0.05) is 35.3 Å². The van der Waals surface area contributed by atoms with Crippen molar-refractivity contribution in [1.82, 2.24) is 10.5 Å². The van der Waals surface area contributed by atoms with Gasteiger partial charge in [0.2, 0.25) is 5.91 Å². The van der Waals surface area contributed by atoms with Crippen LogP contribution in [0, 0.1) is 0 Å². The molecule has 1 aliphatic heterocycles. The second-order valence-corrected chi connectivity index (χ2v) is 6.90. The first kappa shape index (κ1) is 15.4. The number of carbonyl (C=O) groups is 1. The molecule has 0 saturated carbocycles. The lowest BCUT2D eigenvalue weighted by Gasteiger charge is -2.10. The van der Waals surface area contributed by atoms with E-state index in [1.165, 1.54) is 0 Å². The van der Waals surface area contributed by atoms with Crippen LogP contribution in [0.25, 0.3) is 11.3 Å². The van der Waals surface area contributed by atoms with Gasteiger partial charge in [-0.05, 0) is 25.0 Å². The standard InChI is InChI=1S/C16H17ClN2O2S/c17-12-6-4-11(5-7-12)14-9-13(21-19-14)10-22-15-3-1-2-8-18-16(15)20/h4-7,9,15H,1-3,8,10H2,(H,18,20)/t15-/m0/s1. The number of benzene rings is 1. The van der Waals surface area contributed by atoms with Gasteiger partial charge in [0.15, 0.2) is 0 Å². The van der Waals surface area contributed by atoms with Crippen molar-refractivity contribution in [3.8, 4) is 11.3 Å². The van der Waals surface area contributed by atoms with E-state index in [-0.39, 0.29) is 11.2 Å². The molecular formula is C16H17ClN2O2S. The maximum atomic E-state index is 11.9. The highest BCUT2D eigenvalue weighted by Crippen LogP contribution is 2.27. The Morgan fingerprint density at radius 2 is 2.14 bits per heavy atom. The molecule has 1 aromatic heterocycles. The summed E-state index contributed by atoms with van der Waals surface area (Å²) in [6.45, 7) is 0.791. The minimum atomic E-state index is 0.00609. The second-order valence-electron chi connectivity index (χ2n) is 5.27. The Bertz CT molecular complexity index is 642. The van der Waals surface area contributed by atoms with Crippen LogP contribution in [0.15, 0.2) is 34.9 Å². The fraction of sp³-hybridized carbons (Fsp3) is 0.375. The van der Waals surface area contributed by atoms with Crippen LogP contribution in [0.3, 0.4) is 0 Å². The van der Waals surface area contributed by atoms with Crippen LogP contribution >= 0.6 is 23.4 Å². The number of rotatable bonds is 4.